The second-order valence-electron chi connectivity index (χ2n) is 2.96. The molecule has 14 heavy (non-hydrogen) atoms. The zero-order valence-corrected chi connectivity index (χ0v) is 8.04. The van der Waals surface area contributed by atoms with Crippen LogP contribution in [-0.4, -0.2) is 16.5 Å². The number of thiophene rings is 1. The predicted molar refractivity (Wildman–Crippen MR) is 54.8 cm³/mol. The largest absolute Gasteiger partial charge is 0.506 e. The van der Waals surface area contributed by atoms with Crippen LogP contribution < -0.4 is 0 Å². The van der Waals surface area contributed by atoms with E-state index in [1.165, 1.54) is 11.3 Å². The van der Waals surface area contributed by atoms with Gasteiger partial charge in [-0.05, 0) is 17.7 Å². The number of aromatic hydroxyl groups is 1. The summed E-state index contributed by atoms with van der Waals surface area (Å²) in [5.41, 5.74) is 1.10. The van der Waals surface area contributed by atoms with Gasteiger partial charge >= 0.3 is 0 Å². The fourth-order valence-corrected chi connectivity index (χ4v) is 2.34. The summed E-state index contributed by atoms with van der Waals surface area (Å²) in [6.45, 7) is -0.102. The quantitative estimate of drug-likeness (QED) is 0.741. The van der Waals surface area contributed by atoms with Gasteiger partial charge in [-0.2, -0.15) is 0 Å². The van der Waals surface area contributed by atoms with Crippen LogP contribution in [0.5, 0.6) is 5.75 Å². The molecule has 0 atom stereocenters. The lowest BCUT2D eigenvalue weighted by molar-refractivity contribution is 0.112. The average Bonchev–Trinajstić information content (AvgIpc) is 2.59. The summed E-state index contributed by atoms with van der Waals surface area (Å²) in [6, 6.07) is 3.36. The highest BCUT2D eigenvalue weighted by Gasteiger charge is 2.09. The summed E-state index contributed by atoms with van der Waals surface area (Å²) < 4.78 is 0.816. The number of benzene rings is 1. The molecule has 0 spiro atoms. The van der Waals surface area contributed by atoms with E-state index in [2.05, 4.69) is 0 Å². The van der Waals surface area contributed by atoms with Crippen LogP contribution in [0.3, 0.4) is 0 Å². The number of aliphatic hydroxyl groups excluding tert-OH is 1. The zero-order valence-electron chi connectivity index (χ0n) is 7.23. The normalized spacial score (nSPS) is 10.6. The van der Waals surface area contributed by atoms with E-state index in [9.17, 15) is 9.90 Å². The molecule has 0 saturated carbocycles. The Morgan fingerprint density at radius 1 is 1.43 bits per heavy atom. The van der Waals surface area contributed by atoms with Crippen molar-refractivity contribution in [3.05, 3.63) is 28.6 Å². The van der Waals surface area contributed by atoms with Crippen molar-refractivity contribution in [2.45, 2.75) is 6.61 Å². The molecule has 0 fully saturated rings. The van der Waals surface area contributed by atoms with Crippen molar-refractivity contribution in [1.29, 1.82) is 0 Å². The van der Waals surface area contributed by atoms with Crippen molar-refractivity contribution in [2.75, 3.05) is 0 Å². The molecule has 2 aromatic rings. The molecular weight excluding hydrogens is 200 g/mol. The van der Waals surface area contributed by atoms with Crippen LogP contribution in [-0.2, 0) is 6.61 Å². The van der Waals surface area contributed by atoms with Gasteiger partial charge in [0.1, 0.15) is 5.75 Å². The summed E-state index contributed by atoms with van der Waals surface area (Å²) in [6.07, 6.45) is 0.688. The summed E-state index contributed by atoms with van der Waals surface area (Å²) in [5, 5.41) is 20.6. The highest BCUT2D eigenvalue weighted by Crippen LogP contribution is 2.34. The Balaban J connectivity index is 2.82. The van der Waals surface area contributed by atoms with Crippen molar-refractivity contribution in [1.82, 2.24) is 0 Å². The van der Waals surface area contributed by atoms with Gasteiger partial charge in [-0.1, -0.05) is 0 Å². The Morgan fingerprint density at radius 3 is 2.86 bits per heavy atom. The topological polar surface area (TPSA) is 57.5 Å². The third-order valence-corrected chi connectivity index (χ3v) is 2.97. The molecule has 1 aromatic carbocycles. The van der Waals surface area contributed by atoms with Crippen molar-refractivity contribution in [3.63, 3.8) is 0 Å². The summed E-state index contributed by atoms with van der Waals surface area (Å²) in [5.74, 6) is 0.122. The van der Waals surface area contributed by atoms with Crippen LogP contribution in [0.15, 0.2) is 17.5 Å². The Bertz CT molecular complexity index is 487. The van der Waals surface area contributed by atoms with E-state index in [0.717, 1.165) is 4.70 Å². The fourth-order valence-electron chi connectivity index (χ4n) is 1.43. The van der Waals surface area contributed by atoms with E-state index in [1.54, 1.807) is 17.5 Å². The smallest absolute Gasteiger partial charge is 0.150 e. The molecular formula is C10H8O3S. The van der Waals surface area contributed by atoms with Crippen LogP contribution in [0.1, 0.15) is 15.9 Å². The monoisotopic (exact) mass is 208 g/mol. The van der Waals surface area contributed by atoms with E-state index in [4.69, 9.17) is 5.11 Å². The molecule has 1 aromatic heterocycles. The molecule has 2 rings (SSSR count). The summed E-state index contributed by atoms with van der Waals surface area (Å²) in [7, 11) is 0. The molecule has 0 aliphatic carbocycles. The maximum absolute atomic E-state index is 10.8. The molecule has 0 aliphatic heterocycles. The van der Waals surface area contributed by atoms with Crippen LogP contribution in [0.2, 0.25) is 0 Å². The van der Waals surface area contributed by atoms with Crippen LogP contribution in [0.4, 0.5) is 0 Å². The van der Waals surface area contributed by atoms with Crippen LogP contribution >= 0.6 is 11.3 Å². The van der Waals surface area contributed by atoms with Gasteiger partial charge in [0.2, 0.25) is 0 Å². The second-order valence-corrected chi connectivity index (χ2v) is 3.87. The van der Waals surface area contributed by atoms with Gasteiger partial charge in [-0.15, -0.1) is 11.3 Å². The lowest BCUT2D eigenvalue weighted by Crippen LogP contribution is -1.87. The molecule has 3 nitrogen and oxygen atoms in total. The Labute approximate surface area is 84.2 Å². The first kappa shape index (κ1) is 9.18. The van der Waals surface area contributed by atoms with Crippen molar-refractivity contribution >= 4 is 27.7 Å². The number of carbonyl (C=O) groups is 1. The average molecular weight is 208 g/mol. The molecule has 2 N–H and O–H groups in total. The van der Waals surface area contributed by atoms with Crippen molar-refractivity contribution in [2.24, 2.45) is 0 Å². The van der Waals surface area contributed by atoms with Crippen molar-refractivity contribution in [3.8, 4) is 5.75 Å². The first-order chi connectivity index (χ1) is 6.76. The molecule has 4 heteroatoms. The fraction of sp³-hybridized carbons (Fsp3) is 0.100. The molecule has 0 unspecified atom stereocenters. The number of aliphatic hydroxyl groups is 1. The number of fused-ring (bicyclic) bond motifs is 1. The molecule has 0 bridgehead atoms. The Hall–Kier alpha value is -1.39. The van der Waals surface area contributed by atoms with Crippen LogP contribution in [0.25, 0.3) is 10.1 Å². The maximum Gasteiger partial charge on any atom is 0.150 e. The van der Waals surface area contributed by atoms with Gasteiger partial charge in [0.25, 0.3) is 0 Å². The van der Waals surface area contributed by atoms with E-state index in [-0.39, 0.29) is 12.4 Å². The van der Waals surface area contributed by atoms with Gasteiger partial charge < -0.3 is 10.2 Å². The number of hydrogen-bond donors (Lipinski definition) is 2. The minimum atomic E-state index is -0.102. The predicted octanol–water partition coefficient (Wildman–Crippen LogP) is 1.91. The van der Waals surface area contributed by atoms with Gasteiger partial charge in [0.05, 0.1) is 6.61 Å². The third-order valence-electron chi connectivity index (χ3n) is 2.06. The van der Waals surface area contributed by atoms with E-state index >= 15 is 0 Å². The van der Waals surface area contributed by atoms with Gasteiger partial charge in [0.15, 0.2) is 6.29 Å². The zero-order chi connectivity index (χ0) is 10.1. The molecule has 0 amide bonds. The van der Waals surface area contributed by atoms with Gasteiger partial charge in [0, 0.05) is 21.0 Å². The first-order valence-electron chi connectivity index (χ1n) is 4.05. The van der Waals surface area contributed by atoms with E-state index < -0.39 is 0 Å². The highest BCUT2D eigenvalue weighted by molar-refractivity contribution is 7.17. The third kappa shape index (κ3) is 1.29. The number of aldehydes is 1. The number of rotatable bonds is 2. The van der Waals surface area contributed by atoms with E-state index in [0.29, 0.717) is 22.8 Å². The highest BCUT2D eigenvalue weighted by atomic mass is 32.1. The molecule has 72 valence electrons. The lowest BCUT2D eigenvalue weighted by Gasteiger charge is -2.00. The molecule has 0 aliphatic rings. The lowest BCUT2D eigenvalue weighted by atomic mass is 10.1. The minimum Gasteiger partial charge on any atom is -0.506 e. The standard InChI is InChI=1S/C10H8O3S/c11-3-6-1-7(4-12)10-8(13)5-14-9(10)2-6/h1-2,4-5,11,13H,3H2. The van der Waals surface area contributed by atoms with E-state index in [1.807, 2.05) is 0 Å². The Morgan fingerprint density at radius 2 is 2.21 bits per heavy atom. The number of hydrogen-bond acceptors (Lipinski definition) is 4. The van der Waals surface area contributed by atoms with Crippen molar-refractivity contribution < 1.29 is 15.0 Å². The SMILES string of the molecule is O=Cc1cc(CO)cc2scc(O)c12. The second kappa shape index (κ2) is 3.40. The molecule has 0 saturated heterocycles. The first-order valence-corrected chi connectivity index (χ1v) is 4.93. The molecule has 0 radical (unpaired) electrons. The van der Waals surface area contributed by atoms with Gasteiger partial charge in [-0.3, -0.25) is 4.79 Å². The molecule has 1 heterocycles. The Kier molecular flexibility index (Phi) is 2.23. The van der Waals surface area contributed by atoms with Gasteiger partial charge in [-0.25, -0.2) is 0 Å². The summed E-state index contributed by atoms with van der Waals surface area (Å²) in [4.78, 5) is 10.8. The van der Waals surface area contributed by atoms with Crippen LogP contribution in [0, 0.1) is 0 Å². The maximum atomic E-state index is 10.8. The number of carbonyl (C=O) groups excluding carboxylic acids is 1. The summed E-state index contributed by atoms with van der Waals surface area (Å²) >= 11 is 1.35. The minimum absolute atomic E-state index is 0.102.